The molecule has 0 aromatic rings. The van der Waals surface area contributed by atoms with E-state index in [-0.39, 0.29) is 17.3 Å². The Balaban J connectivity index is 2.29. The van der Waals surface area contributed by atoms with E-state index in [1.54, 1.807) is 0 Å². The molecule has 0 saturated heterocycles. The van der Waals surface area contributed by atoms with Gasteiger partial charge in [0.25, 0.3) is 0 Å². The van der Waals surface area contributed by atoms with Crippen LogP contribution in [0.4, 0.5) is 0 Å². The average molecular weight is 254 g/mol. The van der Waals surface area contributed by atoms with Gasteiger partial charge in [-0.2, -0.15) is 0 Å². The lowest BCUT2D eigenvalue weighted by molar-refractivity contribution is -0.167. The predicted molar refractivity (Wildman–Crippen MR) is 70.1 cm³/mol. The van der Waals surface area contributed by atoms with Gasteiger partial charge in [-0.25, -0.2) is 0 Å². The number of carbonyl (C=O) groups is 1. The minimum atomic E-state index is -0.771. The molecule has 2 fully saturated rings. The maximum atomic E-state index is 12.2. The van der Waals surface area contributed by atoms with Crippen LogP contribution in [0.25, 0.3) is 0 Å². The lowest BCUT2D eigenvalue weighted by Crippen LogP contribution is -2.57. The Kier molecular flexibility index (Phi) is 3.14. The smallest absolute Gasteiger partial charge is 0.139 e. The first-order valence-electron chi connectivity index (χ1n) is 7.05. The van der Waals surface area contributed by atoms with Crippen LogP contribution < -0.4 is 0 Å². The number of Topliss-reactive ketones (excluding diaryl/α,β-unsaturated/α-hetero) is 1. The first-order chi connectivity index (χ1) is 8.07. The van der Waals surface area contributed by atoms with Crippen molar-refractivity contribution < 1.29 is 15.0 Å². The molecular weight excluding hydrogens is 228 g/mol. The minimum Gasteiger partial charge on any atom is -0.390 e. The molecular formula is C15H26O3. The molecule has 3 nitrogen and oxygen atoms in total. The molecule has 104 valence electrons. The fourth-order valence-electron chi connectivity index (χ4n) is 4.05. The summed E-state index contributed by atoms with van der Waals surface area (Å²) in [6, 6.07) is 0. The van der Waals surface area contributed by atoms with Gasteiger partial charge in [-0.05, 0) is 52.4 Å². The maximum absolute atomic E-state index is 12.2. The SMILES string of the molecule is CC(C)(O)C1CCC2(C)C(=O)CCC(C)(O)C2C1. The molecule has 2 aliphatic carbocycles. The lowest BCUT2D eigenvalue weighted by Gasteiger charge is -2.54. The number of rotatable bonds is 1. The lowest BCUT2D eigenvalue weighted by atomic mass is 9.52. The molecule has 2 N–H and O–H groups in total. The van der Waals surface area contributed by atoms with Crippen molar-refractivity contribution in [2.75, 3.05) is 0 Å². The number of carbonyl (C=O) groups excluding carboxylic acids is 1. The van der Waals surface area contributed by atoms with Gasteiger partial charge >= 0.3 is 0 Å². The van der Waals surface area contributed by atoms with Gasteiger partial charge in [0.15, 0.2) is 0 Å². The summed E-state index contributed by atoms with van der Waals surface area (Å²) >= 11 is 0. The summed E-state index contributed by atoms with van der Waals surface area (Å²) in [5.41, 5.74) is -1.88. The predicted octanol–water partition coefficient (Wildman–Crippen LogP) is 2.29. The molecule has 0 aromatic carbocycles. The molecule has 0 spiro atoms. The van der Waals surface area contributed by atoms with Gasteiger partial charge in [0.05, 0.1) is 11.2 Å². The van der Waals surface area contributed by atoms with Crippen LogP contribution in [0.15, 0.2) is 0 Å². The highest BCUT2D eigenvalue weighted by atomic mass is 16.3. The van der Waals surface area contributed by atoms with Crippen molar-refractivity contribution in [3.63, 3.8) is 0 Å². The van der Waals surface area contributed by atoms with Crippen molar-refractivity contribution in [3.05, 3.63) is 0 Å². The van der Waals surface area contributed by atoms with E-state index in [1.165, 1.54) is 0 Å². The molecule has 4 unspecified atom stereocenters. The molecule has 0 aromatic heterocycles. The molecule has 0 radical (unpaired) electrons. The number of fused-ring (bicyclic) bond motifs is 1. The number of hydrogen-bond donors (Lipinski definition) is 2. The Morgan fingerprint density at radius 1 is 1.28 bits per heavy atom. The van der Waals surface area contributed by atoms with Crippen LogP contribution in [0.2, 0.25) is 0 Å². The van der Waals surface area contributed by atoms with Crippen molar-refractivity contribution in [3.8, 4) is 0 Å². The van der Waals surface area contributed by atoms with Crippen LogP contribution in [-0.2, 0) is 4.79 Å². The Hall–Kier alpha value is -0.410. The minimum absolute atomic E-state index is 0.0172. The highest BCUT2D eigenvalue weighted by Crippen LogP contribution is 2.55. The first-order valence-corrected chi connectivity index (χ1v) is 7.05. The second-order valence-corrected chi connectivity index (χ2v) is 7.38. The van der Waals surface area contributed by atoms with Crippen LogP contribution in [0, 0.1) is 17.3 Å². The van der Waals surface area contributed by atoms with Crippen LogP contribution in [0.5, 0.6) is 0 Å². The third kappa shape index (κ3) is 2.12. The molecule has 2 rings (SSSR count). The molecule has 3 heteroatoms. The maximum Gasteiger partial charge on any atom is 0.139 e. The van der Waals surface area contributed by atoms with Crippen molar-refractivity contribution in [2.24, 2.45) is 17.3 Å². The quantitative estimate of drug-likeness (QED) is 0.755. The molecule has 0 heterocycles. The van der Waals surface area contributed by atoms with E-state index in [9.17, 15) is 15.0 Å². The molecule has 4 atom stereocenters. The van der Waals surface area contributed by atoms with Crippen molar-refractivity contribution >= 4 is 5.78 Å². The monoisotopic (exact) mass is 254 g/mol. The Bertz CT molecular complexity index is 353. The summed E-state index contributed by atoms with van der Waals surface area (Å²) in [5.74, 6) is 0.456. The first kappa shape index (κ1) is 14.0. The van der Waals surface area contributed by atoms with Crippen molar-refractivity contribution in [1.29, 1.82) is 0 Å². The van der Waals surface area contributed by atoms with E-state index < -0.39 is 11.2 Å². The molecule has 2 saturated carbocycles. The summed E-state index contributed by atoms with van der Waals surface area (Å²) in [6.45, 7) is 7.53. The zero-order valence-electron chi connectivity index (χ0n) is 12.0. The second-order valence-electron chi connectivity index (χ2n) is 7.38. The van der Waals surface area contributed by atoms with Crippen LogP contribution in [-0.4, -0.2) is 27.2 Å². The van der Waals surface area contributed by atoms with Crippen molar-refractivity contribution in [2.45, 2.75) is 71.0 Å². The summed E-state index contributed by atoms with van der Waals surface area (Å²) in [7, 11) is 0. The third-order valence-electron chi connectivity index (χ3n) is 5.55. The van der Waals surface area contributed by atoms with E-state index in [1.807, 2.05) is 27.7 Å². The molecule has 18 heavy (non-hydrogen) atoms. The summed E-state index contributed by atoms with van der Waals surface area (Å²) < 4.78 is 0. The van der Waals surface area contributed by atoms with E-state index >= 15 is 0 Å². The van der Waals surface area contributed by atoms with Gasteiger partial charge in [0.2, 0.25) is 0 Å². The Morgan fingerprint density at radius 2 is 1.89 bits per heavy atom. The molecule has 0 amide bonds. The zero-order chi connectivity index (χ0) is 13.8. The van der Waals surface area contributed by atoms with Crippen LogP contribution in [0.1, 0.15) is 59.8 Å². The fraction of sp³-hybridized carbons (Fsp3) is 0.933. The van der Waals surface area contributed by atoms with E-state index in [4.69, 9.17) is 0 Å². The van der Waals surface area contributed by atoms with Gasteiger partial charge < -0.3 is 10.2 Å². The number of hydrogen-bond acceptors (Lipinski definition) is 3. The number of ketones is 1. The normalized spacial score (nSPS) is 45.8. The van der Waals surface area contributed by atoms with Gasteiger partial charge in [0, 0.05) is 17.8 Å². The Labute approximate surface area is 110 Å². The highest BCUT2D eigenvalue weighted by Gasteiger charge is 2.56. The van der Waals surface area contributed by atoms with Gasteiger partial charge in [-0.15, -0.1) is 0 Å². The third-order valence-corrected chi connectivity index (χ3v) is 5.55. The Morgan fingerprint density at radius 3 is 2.44 bits per heavy atom. The fourth-order valence-corrected chi connectivity index (χ4v) is 4.05. The zero-order valence-corrected chi connectivity index (χ0v) is 12.0. The summed E-state index contributed by atoms with van der Waals surface area (Å²) in [5, 5.41) is 20.8. The topological polar surface area (TPSA) is 57.5 Å². The summed E-state index contributed by atoms with van der Waals surface area (Å²) in [6.07, 6.45) is 3.47. The van der Waals surface area contributed by atoms with E-state index in [0.29, 0.717) is 18.6 Å². The highest BCUT2D eigenvalue weighted by molar-refractivity contribution is 5.86. The van der Waals surface area contributed by atoms with Gasteiger partial charge in [-0.1, -0.05) is 6.92 Å². The van der Waals surface area contributed by atoms with Gasteiger partial charge in [0.1, 0.15) is 5.78 Å². The van der Waals surface area contributed by atoms with E-state index in [2.05, 4.69) is 0 Å². The van der Waals surface area contributed by atoms with E-state index in [0.717, 1.165) is 19.3 Å². The van der Waals surface area contributed by atoms with Crippen molar-refractivity contribution in [1.82, 2.24) is 0 Å². The van der Waals surface area contributed by atoms with Gasteiger partial charge in [-0.3, -0.25) is 4.79 Å². The summed E-state index contributed by atoms with van der Waals surface area (Å²) in [4.78, 5) is 12.2. The van der Waals surface area contributed by atoms with Crippen LogP contribution >= 0.6 is 0 Å². The van der Waals surface area contributed by atoms with Crippen LogP contribution in [0.3, 0.4) is 0 Å². The number of aliphatic hydroxyl groups is 2. The molecule has 0 bridgehead atoms. The standard InChI is InChI=1S/C15H26O3/c1-13(2,17)10-5-7-14(3)11(9-10)15(4,18)8-6-12(14)16/h10-11,17-18H,5-9H2,1-4H3. The second kappa shape index (κ2) is 4.04. The molecule has 2 aliphatic rings. The average Bonchev–Trinajstić information content (AvgIpc) is 2.23. The molecule has 0 aliphatic heterocycles. The largest absolute Gasteiger partial charge is 0.390 e.